The molecule has 1 aromatic carbocycles. The fourth-order valence-corrected chi connectivity index (χ4v) is 1.46. The average Bonchev–Trinajstić information content (AvgIpc) is 2.36. The minimum atomic E-state index is -1.01. The van der Waals surface area contributed by atoms with Crippen LogP contribution in [0.2, 0.25) is 0 Å². The number of hydrogen-bond donors (Lipinski definition) is 3. The fraction of sp³-hybridized carbons (Fsp3) is 0.154. The Morgan fingerprint density at radius 3 is 1.82 bits per heavy atom. The molecule has 4 nitrogen and oxygen atoms in total. The third kappa shape index (κ3) is 3.03. The highest BCUT2D eigenvalue weighted by molar-refractivity contribution is 5.88. The third-order valence-corrected chi connectivity index (χ3v) is 2.50. The lowest BCUT2D eigenvalue weighted by Gasteiger charge is -2.13. The number of nitrogens with two attached hydrogens (primary N) is 2. The normalized spacial score (nSPS) is 13.8. The number of hydrogen-bond acceptors (Lipinski definition) is 3. The van der Waals surface area contributed by atoms with Crippen molar-refractivity contribution in [2.24, 2.45) is 11.5 Å². The fourth-order valence-electron chi connectivity index (χ4n) is 1.46. The molecule has 0 aliphatic rings. The van der Waals surface area contributed by atoms with Crippen molar-refractivity contribution in [1.82, 2.24) is 0 Å². The molecule has 4 heteroatoms. The maximum atomic E-state index is 11.0. The van der Waals surface area contributed by atoms with Crippen molar-refractivity contribution >= 4 is 5.97 Å². The van der Waals surface area contributed by atoms with Crippen LogP contribution < -0.4 is 11.5 Å². The zero-order valence-electron chi connectivity index (χ0n) is 9.47. The van der Waals surface area contributed by atoms with E-state index in [1.807, 2.05) is 0 Å². The lowest BCUT2D eigenvalue weighted by atomic mass is 9.97. The van der Waals surface area contributed by atoms with Crippen molar-refractivity contribution < 1.29 is 9.90 Å². The summed E-state index contributed by atoms with van der Waals surface area (Å²) in [6, 6.07) is 3.99. The Kier molecular flexibility index (Phi) is 4.20. The van der Waals surface area contributed by atoms with Gasteiger partial charge in [0, 0.05) is 12.1 Å². The molecule has 5 N–H and O–H groups in total. The Bertz CT molecular complexity index is 422. The van der Waals surface area contributed by atoms with Crippen molar-refractivity contribution in [1.29, 1.82) is 0 Å². The first-order valence-corrected chi connectivity index (χ1v) is 5.14. The number of rotatable bonds is 5. The summed E-state index contributed by atoms with van der Waals surface area (Å²) in [5.41, 5.74) is 13.1. The molecule has 1 rings (SSSR count). The topological polar surface area (TPSA) is 89.3 Å². The van der Waals surface area contributed by atoms with E-state index in [2.05, 4.69) is 13.2 Å². The van der Waals surface area contributed by atoms with Crippen molar-refractivity contribution in [3.63, 3.8) is 0 Å². The molecule has 2 atom stereocenters. The molecule has 0 aromatic heterocycles. The lowest BCUT2D eigenvalue weighted by molar-refractivity contribution is 0.0696. The van der Waals surface area contributed by atoms with Gasteiger partial charge in [0.1, 0.15) is 0 Å². The molecule has 1 aromatic rings. The number of benzene rings is 1. The van der Waals surface area contributed by atoms with Crippen molar-refractivity contribution in [3.05, 3.63) is 60.2 Å². The van der Waals surface area contributed by atoms with Crippen LogP contribution >= 0.6 is 0 Å². The summed E-state index contributed by atoms with van der Waals surface area (Å²) >= 11 is 0. The van der Waals surface area contributed by atoms with E-state index >= 15 is 0 Å². The van der Waals surface area contributed by atoms with Gasteiger partial charge in [0.05, 0.1) is 5.56 Å². The van der Waals surface area contributed by atoms with Crippen LogP contribution in [0.15, 0.2) is 43.5 Å². The van der Waals surface area contributed by atoms with Gasteiger partial charge in [-0.05, 0) is 23.3 Å². The maximum Gasteiger partial charge on any atom is 0.335 e. The molecule has 17 heavy (non-hydrogen) atoms. The summed E-state index contributed by atoms with van der Waals surface area (Å²) in [4.78, 5) is 11.0. The van der Waals surface area contributed by atoms with E-state index in [1.54, 1.807) is 18.2 Å². The lowest BCUT2D eigenvalue weighted by Crippen LogP contribution is -2.13. The largest absolute Gasteiger partial charge is 0.478 e. The van der Waals surface area contributed by atoms with Crippen molar-refractivity contribution in [3.8, 4) is 0 Å². The summed E-state index contributed by atoms with van der Waals surface area (Å²) in [6.07, 6.45) is 3.09. The summed E-state index contributed by atoms with van der Waals surface area (Å²) < 4.78 is 0. The maximum absolute atomic E-state index is 11.0. The van der Waals surface area contributed by atoms with Gasteiger partial charge in [0.2, 0.25) is 0 Å². The second-order valence-corrected chi connectivity index (χ2v) is 3.72. The van der Waals surface area contributed by atoms with E-state index in [1.165, 1.54) is 12.1 Å². The second kappa shape index (κ2) is 5.43. The Morgan fingerprint density at radius 2 is 1.53 bits per heavy atom. The van der Waals surface area contributed by atoms with E-state index in [0.29, 0.717) is 11.1 Å². The van der Waals surface area contributed by atoms with Crippen LogP contribution in [-0.2, 0) is 0 Å². The monoisotopic (exact) mass is 232 g/mol. The van der Waals surface area contributed by atoms with Gasteiger partial charge in [-0.3, -0.25) is 0 Å². The minimum absolute atomic E-state index is 0.159. The standard InChI is InChI=1S/C13H16N2O2/c1-3-11(14)8-5-9(12(15)4-2)7-10(6-8)13(16)17/h3-7,11-12H,1-2,14-15H2,(H,16,17). The van der Waals surface area contributed by atoms with Crippen LogP contribution in [0.3, 0.4) is 0 Å². The molecule has 0 fully saturated rings. The van der Waals surface area contributed by atoms with Crippen LogP contribution in [0.1, 0.15) is 33.6 Å². The van der Waals surface area contributed by atoms with Crippen LogP contribution in [0.5, 0.6) is 0 Å². The summed E-state index contributed by atoms with van der Waals surface area (Å²) in [5.74, 6) is -1.01. The van der Waals surface area contributed by atoms with Gasteiger partial charge < -0.3 is 16.6 Å². The van der Waals surface area contributed by atoms with Gasteiger partial charge in [-0.15, -0.1) is 13.2 Å². The van der Waals surface area contributed by atoms with E-state index in [4.69, 9.17) is 16.6 Å². The average molecular weight is 232 g/mol. The molecule has 0 heterocycles. The third-order valence-electron chi connectivity index (χ3n) is 2.50. The van der Waals surface area contributed by atoms with E-state index in [0.717, 1.165) is 0 Å². The first kappa shape index (κ1) is 13.2. The summed E-state index contributed by atoms with van der Waals surface area (Å²) in [5, 5.41) is 9.01. The summed E-state index contributed by atoms with van der Waals surface area (Å²) in [6.45, 7) is 7.16. The van der Waals surface area contributed by atoms with Crippen LogP contribution in [0, 0.1) is 0 Å². The van der Waals surface area contributed by atoms with Crippen LogP contribution in [0.25, 0.3) is 0 Å². The number of carbonyl (C=O) groups is 1. The molecule has 2 unspecified atom stereocenters. The zero-order chi connectivity index (χ0) is 13.0. The van der Waals surface area contributed by atoms with Gasteiger partial charge in [-0.25, -0.2) is 4.79 Å². The molecule has 90 valence electrons. The Balaban J connectivity index is 3.32. The quantitative estimate of drug-likeness (QED) is 0.675. The first-order valence-electron chi connectivity index (χ1n) is 5.14. The Labute approximate surface area is 100 Å². The molecule has 0 saturated carbocycles. The van der Waals surface area contributed by atoms with E-state index in [-0.39, 0.29) is 5.56 Å². The van der Waals surface area contributed by atoms with Crippen LogP contribution in [-0.4, -0.2) is 11.1 Å². The molecule has 0 amide bonds. The number of carboxylic acids is 1. The SMILES string of the molecule is C=CC(N)c1cc(C(=O)O)cc(C(N)C=C)c1. The van der Waals surface area contributed by atoms with Gasteiger partial charge >= 0.3 is 5.97 Å². The highest BCUT2D eigenvalue weighted by atomic mass is 16.4. The van der Waals surface area contributed by atoms with Crippen molar-refractivity contribution in [2.45, 2.75) is 12.1 Å². The molecule has 0 spiro atoms. The smallest absolute Gasteiger partial charge is 0.335 e. The molecule has 0 radical (unpaired) electrons. The number of carboxylic acid groups (broad SMARTS) is 1. The van der Waals surface area contributed by atoms with Gasteiger partial charge in [-0.2, -0.15) is 0 Å². The van der Waals surface area contributed by atoms with E-state index < -0.39 is 18.1 Å². The first-order chi connectivity index (χ1) is 7.99. The van der Waals surface area contributed by atoms with Gasteiger partial charge in [-0.1, -0.05) is 18.2 Å². The van der Waals surface area contributed by atoms with E-state index in [9.17, 15) is 4.79 Å². The molecular weight excluding hydrogens is 216 g/mol. The Morgan fingerprint density at radius 1 is 1.12 bits per heavy atom. The molecular formula is C13H16N2O2. The number of aromatic carboxylic acids is 1. The predicted octanol–water partition coefficient (Wildman–Crippen LogP) is 1.76. The molecule has 0 aliphatic heterocycles. The highest BCUT2D eigenvalue weighted by Crippen LogP contribution is 2.20. The second-order valence-electron chi connectivity index (χ2n) is 3.72. The summed E-state index contributed by atoms with van der Waals surface area (Å²) in [7, 11) is 0. The molecule has 0 bridgehead atoms. The molecule has 0 saturated heterocycles. The van der Waals surface area contributed by atoms with Crippen molar-refractivity contribution in [2.75, 3.05) is 0 Å². The van der Waals surface area contributed by atoms with Crippen LogP contribution in [0.4, 0.5) is 0 Å². The Hall–Kier alpha value is -1.91. The van der Waals surface area contributed by atoms with Gasteiger partial charge in [0.15, 0.2) is 0 Å². The highest BCUT2D eigenvalue weighted by Gasteiger charge is 2.12. The predicted molar refractivity (Wildman–Crippen MR) is 67.7 cm³/mol. The van der Waals surface area contributed by atoms with Gasteiger partial charge in [0.25, 0.3) is 0 Å². The molecule has 0 aliphatic carbocycles. The zero-order valence-corrected chi connectivity index (χ0v) is 9.47. The minimum Gasteiger partial charge on any atom is -0.478 e.